The zero-order valence-corrected chi connectivity index (χ0v) is 12.5. The number of nitrogens with one attached hydrogen (secondary N) is 1. The van der Waals surface area contributed by atoms with Crippen LogP contribution in [0.4, 0.5) is 0 Å². The standard InChI is InChI=1S/C16H15NO4S/c18-16(19)12-7-6-11-9-14(10-13(11)8-12)17-22(20,21)15-4-2-1-3-5-15/h1-8,14,17H,9-10H2,(H,18,19). The van der Waals surface area contributed by atoms with Crippen molar-refractivity contribution in [3.63, 3.8) is 0 Å². The fourth-order valence-corrected chi connectivity index (χ4v) is 3.98. The number of carboxylic acids is 1. The summed E-state index contributed by atoms with van der Waals surface area (Å²) in [6, 6.07) is 12.9. The molecule has 0 fully saturated rings. The van der Waals surface area contributed by atoms with E-state index in [2.05, 4.69) is 4.72 Å². The van der Waals surface area contributed by atoms with Gasteiger partial charge in [0.05, 0.1) is 10.5 Å². The molecule has 6 heteroatoms. The molecular weight excluding hydrogens is 302 g/mol. The summed E-state index contributed by atoms with van der Waals surface area (Å²) in [5.74, 6) is -0.976. The predicted molar refractivity (Wildman–Crippen MR) is 81.4 cm³/mol. The van der Waals surface area contributed by atoms with E-state index in [-0.39, 0.29) is 16.5 Å². The first-order chi connectivity index (χ1) is 10.5. The number of benzene rings is 2. The molecule has 22 heavy (non-hydrogen) atoms. The van der Waals surface area contributed by atoms with Gasteiger partial charge >= 0.3 is 5.97 Å². The molecule has 2 aromatic rings. The third-order valence-electron chi connectivity index (χ3n) is 3.76. The van der Waals surface area contributed by atoms with E-state index in [1.165, 1.54) is 0 Å². The molecule has 0 spiro atoms. The lowest BCUT2D eigenvalue weighted by Gasteiger charge is -2.12. The van der Waals surface area contributed by atoms with Gasteiger partial charge in [-0.25, -0.2) is 17.9 Å². The molecule has 3 rings (SSSR count). The lowest BCUT2D eigenvalue weighted by atomic mass is 10.1. The average Bonchev–Trinajstić information content (AvgIpc) is 2.88. The second kappa shape index (κ2) is 5.55. The Hall–Kier alpha value is -2.18. The highest BCUT2D eigenvalue weighted by Crippen LogP contribution is 2.24. The molecule has 114 valence electrons. The van der Waals surface area contributed by atoms with E-state index in [0.717, 1.165) is 11.1 Å². The highest BCUT2D eigenvalue weighted by Gasteiger charge is 2.27. The molecule has 0 radical (unpaired) electrons. The molecule has 1 aliphatic rings. The zero-order valence-electron chi connectivity index (χ0n) is 11.7. The Labute approximate surface area is 128 Å². The van der Waals surface area contributed by atoms with Crippen molar-refractivity contribution in [2.75, 3.05) is 0 Å². The molecule has 2 N–H and O–H groups in total. The van der Waals surface area contributed by atoms with Crippen LogP contribution in [-0.4, -0.2) is 25.5 Å². The Kier molecular flexibility index (Phi) is 3.72. The summed E-state index contributed by atoms with van der Waals surface area (Å²) in [6.45, 7) is 0. The van der Waals surface area contributed by atoms with Gasteiger partial charge in [-0.15, -0.1) is 0 Å². The molecule has 1 unspecified atom stereocenters. The minimum atomic E-state index is -3.55. The van der Waals surface area contributed by atoms with E-state index in [0.29, 0.717) is 12.8 Å². The van der Waals surface area contributed by atoms with Gasteiger partial charge in [0.15, 0.2) is 0 Å². The summed E-state index contributed by atoms with van der Waals surface area (Å²) in [6.07, 6.45) is 1.07. The maximum absolute atomic E-state index is 12.3. The first kappa shape index (κ1) is 14.7. The molecule has 1 atom stereocenters. The topological polar surface area (TPSA) is 83.5 Å². The normalized spacial score (nSPS) is 17.2. The third-order valence-corrected chi connectivity index (χ3v) is 5.30. The van der Waals surface area contributed by atoms with Crippen LogP contribution in [0.5, 0.6) is 0 Å². The van der Waals surface area contributed by atoms with Crippen molar-refractivity contribution in [1.29, 1.82) is 0 Å². The van der Waals surface area contributed by atoms with Crippen molar-refractivity contribution in [2.24, 2.45) is 0 Å². The largest absolute Gasteiger partial charge is 0.478 e. The molecular formula is C16H15NO4S. The van der Waals surface area contributed by atoms with E-state index < -0.39 is 16.0 Å². The van der Waals surface area contributed by atoms with Crippen LogP contribution in [0.3, 0.4) is 0 Å². The maximum atomic E-state index is 12.3. The van der Waals surface area contributed by atoms with Crippen LogP contribution >= 0.6 is 0 Å². The predicted octanol–water partition coefficient (Wildman–Crippen LogP) is 1.83. The van der Waals surface area contributed by atoms with Crippen LogP contribution in [0.15, 0.2) is 53.4 Å². The minimum absolute atomic E-state index is 0.227. The molecule has 0 aliphatic heterocycles. The smallest absolute Gasteiger partial charge is 0.335 e. The van der Waals surface area contributed by atoms with E-state index in [9.17, 15) is 13.2 Å². The lowest BCUT2D eigenvalue weighted by molar-refractivity contribution is 0.0696. The fourth-order valence-electron chi connectivity index (χ4n) is 2.72. The number of aromatic carboxylic acids is 1. The average molecular weight is 317 g/mol. The van der Waals surface area contributed by atoms with Gasteiger partial charge in [0, 0.05) is 6.04 Å². The molecule has 0 heterocycles. The van der Waals surface area contributed by atoms with Crippen LogP contribution in [0.25, 0.3) is 0 Å². The van der Waals surface area contributed by atoms with Gasteiger partial charge in [-0.2, -0.15) is 0 Å². The Balaban J connectivity index is 1.78. The summed E-state index contributed by atoms with van der Waals surface area (Å²) in [5, 5.41) is 9.01. The summed E-state index contributed by atoms with van der Waals surface area (Å²) < 4.78 is 27.3. The Morgan fingerprint density at radius 2 is 1.73 bits per heavy atom. The van der Waals surface area contributed by atoms with Crippen molar-refractivity contribution in [2.45, 2.75) is 23.8 Å². The molecule has 0 bridgehead atoms. The summed E-state index contributed by atoms with van der Waals surface area (Å²) in [4.78, 5) is 11.2. The van der Waals surface area contributed by atoms with E-state index in [1.54, 1.807) is 48.5 Å². The number of sulfonamides is 1. The molecule has 0 aromatic heterocycles. The van der Waals surface area contributed by atoms with Crippen molar-refractivity contribution in [3.05, 3.63) is 65.2 Å². The highest BCUT2D eigenvalue weighted by molar-refractivity contribution is 7.89. The van der Waals surface area contributed by atoms with Gasteiger partial charge in [0.2, 0.25) is 10.0 Å². The second-order valence-electron chi connectivity index (χ2n) is 5.33. The first-order valence-corrected chi connectivity index (χ1v) is 8.36. The Bertz CT molecular complexity index is 815. The Morgan fingerprint density at radius 3 is 2.41 bits per heavy atom. The zero-order chi connectivity index (χ0) is 15.7. The van der Waals surface area contributed by atoms with E-state index >= 15 is 0 Å². The number of carbonyl (C=O) groups is 1. The summed E-state index contributed by atoms with van der Waals surface area (Å²) >= 11 is 0. The number of hydrogen-bond acceptors (Lipinski definition) is 3. The van der Waals surface area contributed by atoms with E-state index in [1.807, 2.05) is 0 Å². The van der Waals surface area contributed by atoms with Crippen molar-refractivity contribution in [3.8, 4) is 0 Å². The second-order valence-corrected chi connectivity index (χ2v) is 7.04. The van der Waals surface area contributed by atoms with E-state index in [4.69, 9.17) is 5.11 Å². The molecule has 0 saturated heterocycles. The van der Waals surface area contributed by atoms with Crippen LogP contribution in [0, 0.1) is 0 Å². The van der Waals surface area contributed by atoms with Gasteiger partial charge in [-0.05, 0) is 48.2 Å². The summed E-state index contributed by atoms with van der Waals surface area (Å²) in [7, 11) is -3.55. The lowest BCUT2D eigenvalue weighted by Crippen LogP contribution is -2.35. The number of hydrogen-bond donors (Lipinski definition) is 2. The van der Waals surface area contributed by atoms with Crippen LogP contribution < -0.4 is 4.72 Å². The third kappa shape index (κ3) is 2.88. The van der Waals surface area contributed by atoms with Gasteiger partial charge in [-0.3, -0.25) is 0 Å². The minimum Gasteiger partial charge on any atom is -0.478 e. The maximum Gasteiger partial charge on any atom is 0.335 e. The van der Waals surface area contributed by atoms with Gasteiger partial charge in [-0.1, -0.05) is 24.3 Å². The summed E-state index contributed by atoms with van der Waals surface area (Å²) in [5.41, 5.74) is 2.11. The van der Waals surface area contributed by atoms with Crippen LogP contribution in [0.2, 0.25) is 0 Å². The van der Waals surface area contributed by atoms with Gasteiger partial charge < -0.3 is 5.11 Å². The molecule has 5 nitrogen and oxygen atoms in total. The fraction of sp³-hybridized carbons (Fsp3) is 0.188. The number of fused-ring (bicyclic) bond motifs is 1. The van der Waals surface area contributed by atoms with Crippen LogP contribution in [-0.2, 0) is 22.9 Å². The number of carboxylic acid groups (broad SMARTS) is 1. The van der Waals surface area contributed by atoms with Crippen molar-refractivity contribution in [1.82, 2.24) is 4.72 Å². The Morgan fingerprint density at radius 1 is 1.05 bits per heavy atom. The van der Waals surface area contributed by atoms with Gasteiger partial charge in [0.25, 0.3) is 0 Å². The quantitative estimate of drug-likeness (QED) is 0.901. The molecule has 2 aromatic carbocycles. The molecule has 1 aliphatic carbocycles. The van der Waals surface area contributed by atoms with Crippen molar-refractivity contribution >= 4 is 16.0 Å². The number of rotatable bonds is 4. The SMILES string of the molecule is O=C(O)c1ccc2c(c1)CC(NS(=O)(=O)c1ccccc1)C2. The first-order valence-electron chi connectivity index (χ1n) is 6.88. The van der Waals surface area contributed by atoms with Gasteiger partial charge in [0.1, 0.15) is 0 Å². The van der Waals surface area contributed by atoms with Crippen LogP contribution in [0.1, 0.15) is 21.5 Å². The molecule has 0 saturated carbocycles. The molecule has 0 amide bonds. The highest BCUT2D eigenvalue weighted by atomic mass is 32.2. The monoisotopic (exact) mass is 317 g/mol. The van der Waals surface area contributed by atoms with Crippen molar-refractivity contribution < 1.29 is 18.3 Å².